The van der Waals surface area contributed by atoms with Crippen molar-refractivity contribution in [2.45, 2.75) is 20.4 Å². The van der Waals surface area contributed by atoms with E-state index in [9.17, 15) is 4.79 Å². The van der Waals surface area contributed by atoms with Gasteiger partial charge in [-0.15, -0.1) is 0 Å². The molecule has 7 nitrogen and oxygen atoms in total. The highest BCUT2D eigenvalue weighted by Gasteiger charge is 2.16. The highest BCUT2D eigenvalue weighted by molar-refractivity contribution is 6.11. The molecule has 4 aromatic rings. The van der Waals surface area contributed by atoms with Crippen LogP contribution in [0.1, 0.15) is 27.2 Å². The first-order valence-electron chi connectivity index (χ1n) is 8.69. The predicted molar refractivity (Wildman–Crippen MR) is 104 cm³/mol. The zero-order valence-corrected chi connectivity index (χ0v) is 15.5. The summed E-state index contributed by atoms with van der Waals surface area (Å²) >= 11 is 0. The maximum atomic E-state index is 12.8. The number of aromatic nitrogens is 5. The van der Waals surface area contributed by atoms with E-state index in [1.807, 2.05) is 30.9 Å². The first-order valence-corrected chi connectivity index (χ1v) is 8.69. The van der Waals surface area contributed by atoms with Crippen molar-refractivity contribution < 1.29 is 4.79 Å². The summed E-state index contributed by atoms with van der Waals surface area (Å²) in [6, 6.07) is 11.8. The van der Waals surface area contributed by atoms with Gasteiger partial charge >= 0.3 is 0 Å². The van der Waals surface area contributed by atoms with Crippen molar-refractivity contribution in [1.82, 2.24) is 24.5 Å². The summed E-state index contributed by atoms with van der Waals surface area (Å²) in [7, 11) is 1.81. The Morgan fingerprint density at radius 1 is 1.19 bits per heavy atom. The fourth-order valence-electron chi connectivity index (χ4n) is 3.13. The van der Waals surface area contributed by atoms with Gasteiger partial charge in [-0.1, -0.05) is 29.8 Å². The highest BCUT2D eigenvalue weighted by atomic mass is 16.1. The number of aryl methyl sites for hydroxylation is 3. The van der Waals surface area contributed by atoms with Crippen LogP contribution >= 0.6 is 0 Å². The molecule has 7 heteroatoms. The van der Waals surface area contributed by atoms with Crippen LogP contribution in [0.5, 0.6) is 0 Å². The van der Waals surface area contributed by atoms with Crippen molar-refractivity contribution in [3.63, 3.8) is 0 Å². The molecule has 1 amide bonds. The Bertz CT molecular complexity index is 1140. The third-order valence-corrected chi connectivity index (χ3v) is 4.39. The van der Waals surface area contributed by atoms with Gasteiger partial charge in [0.1, 0.15) is 0 Å². The van der Waals surface area contributed by atoms with Crippen molar-refractivity contribution in [2.75, 3.05) is 5.32 Å². The van der Waals surface area contributed by atoms with Crippen LogP contribution in [0.2, 0.25) is 0 Å². The van der Waals surface area contributed by atoms with Gasteiger partial charge in [0.2, 0.25) is 0 Å². The van der Waals surface area contributed by atoms with E-state index < -0.39 is 0 Å². The maximum Gasteiger partial charge on any atom is 0.257 e. The number of carbonyl (C=O) groups excluding carboxylic acids is 1. The van der Waals surface area contributed by atoms with Crippen molar-refractivity contribution in [3.8, 4) is 0 Å². The lowest BCUT2D eigenvalue weighted by atomic mass is 10.1. The summed E-state index contributed by atoms with van der Waals surface area (Å²) in [5, 5.41) is 12.2. The average Bonchev–Trinajstić information content (AvgIpc) is 3.21. The number of nitrogens with one attached hydrogen (secondary N) is 1. The largest absolute Gasteiger partial charge is 0.305 e. The number of carbonyl (C=O) groups is 1. The maximum absolute atomic E-state index is 12.8. The second-order valence-corrected chi connectivity index (χ2v) is 6.66. The Balaban J connectivity index is 1.55. The smallest absolute Gasteiger partial charge is 0.257 e. The quantitative estimate of drug-likeness (QED) is 0.607. The molecule has 0 aliphatic carbocycles. The van der Waals surface area contributed by atoms with Crippen molar-refractivity contribution in [3.05, 3.63) is 71.2 Å². The SMILES string of the molecule is Cc1cccc(Cn2ccc(NC(=O)c3cc(C)nc4c3cnn4C)n2)c1. The molecule has 3 aromatic heterocycles. The van der Waals surface area contributed by atoms with Crippen molar-refractivity contribution in [1.29, 1.82) is 0 Å². The standard InChI is InChI=1S/C20H20N6O/c1-13-5-4-6-15(9-13)12-26-8-7-18(24-26)23-20(27)16-10-14(2)22-19-17(16)11-21-25(19)3/h4-11H,12H2,1-3H3,(H,23,24,27). The van der Waals surface area contributed by atoms with Crippen LogP contribution in [-0.2, 0) is 13.6 Å². The first-order chi connectivity index (χ1) is 13.0. The molecule has 0 bridgehead atoms. The summed E-state index contributed by atoms with van der Waals surface area (Å²) < 4.78 is 3.47. The van der Waals surface area contributed by atoms with E-state index in [1.54, 1.807) is 23.0 Å². The Labute approximate surface area is 156 Å². The van der Waals surface area contributed by atoms with Crippen molar-refractivity contribution >= 4 is 22.8 Å². The number of pyridine rings is 1. The van der Waals surface area contributed by atoms with Crippen LogP contribution in [0, 0.1) is 13.8 Å². The van der Waals surface area contributed by atoms with Gasteiger partial charge < -0.3 is 5.32 Å². The molecule has 0 unspecified atom stereocenters. The van der Waals surface area contributed by atoms with Gasteiger partial charge in [-0.05, 0) is 25.5 Å². The molecule has 0 radical (unpaired) electrons. The predicted octanol–water partition coefficient (Wildman–Crippen LogP) is 3.08. The van der Waals surface area contributed by atoms with Gasteiger partial charge in [-0.25, -0.2) is 4.98 Å². The zero-order chi connectivity index (χ0) is 19.0. The van der Waals surface area contributed by atoms with E-state index in [2.05, 4.69) is 45.6 Å². The first kappa shape index (κ1) is 17.0. The molecule has 0 atom stereocenters. The number of hydrogen-bond acceptors (Lipinski definition) is 4. The molecule has 27 heavy (non-hydrogen) atoms. The van der Waals surface area contributed by atoms with Crippen LogP contribution < -0.4 is 5.32 Å². The van der Waals surface area contributed by atoms with E-state index in [1.165, 1.54) is 5.56 Å². The molecule has 0 aliphatic rings. The average molecular weight is 360 g/mol. The van der Waals surface area contributed by atoms with E-state index in [0.717, 1.165) is 16.6 Å². The molecule has 136 valence electrons. The lowest BCUT2D eigenvalue weighted by Crippen LogP contribution is -2.14. The number of nitrogens with zero attached hydrogens (tertiary/aromatic N) is 5. The molecule has 1 N–H and O–H groups in total. The normalized spacial score (nSPS) is 11.1. The number of hydrogen-bond donors (Lipinski definition) is 1. The second-order valence-electron chi connectivity index (χ2n) is 6.66. The summed E-state index contributed by atoms with van der Waals surface area (Å²) in [6.45, 7) is 4.58. The monoisotopic (exact) mass is 360 g/mol. The minimum Gasteiger partial charge on any atom is -0.305 e. The molecular weight excluding hydrogens is 340 g/mol. The Morgan fingerprint density at radius 2 is 2.04 bits per heavy atom. The minimum absolute atomic E-state index is 0.223. The topological polar surface area (TPSA) is 77.6 Å². The lowest BCUT2D eigenvalue weighted by Gasteiger charge is -2.06. The van der Waals surface area contributed by atoms with Crippen molar-refractivity contribution in [2.24, 2.45) is 7.05 Å². The molecule has 0 spiro atoms. The van der Waals surface area contributed by atoms with Crippen LogP contribution in [0.15, 0.2) is 48.8 Å². The van der Waals surface area contributed by atoms with Gasteiger partial charge in [0.05, 0.1) is 23.7 Å². The Kier molecular flexibility index (Phi) is 4.19. The second kappa shape index (κ2) is 6.68. The van der Waals surface area contributed by atoms with E-state index in [-0.39, 0.29) is 5.91 Å². The molecule has 0 saturated carbocycles. The molecule has 0 fully saturated rings. The molecule has 4 rings (SSSR count). The Hall–Kier alpha value is -3.48. The lowest BCUT2D eigenvalue weighted by molar-refractivity contribution is 0.102. The molecule has 1 aromatic carbocycles. The van der Waals surface area contributed by atoms with Gasteiger partial charge in [0, 0.05) is 25.0 Å². The number of rotatable bonds is 4. The molecule has 3 heterocycles. The summed E-state index contributed by atoms with van der Waals surface area (Å²) in [5.41, 5.74) is 4.37. The van der Waals surface area contributed by atoms with Crippen LogP contribution in [0.4, 0.5) is 5.82 Å². The Morgan fingerprint density at radius 3 is 2.85 bits per heavy atom. The molecule has 0 aliphatic heterocycles. The minimum atomic E-state index is -0.223. The number of fused-ring (bicyclic) bond motifs is 1. The number of amides is 1. The summed E-state index contributed by atoms with van der Waals surface area (Å²) in [6.07, 6.45) is 3.52. The van der Waals surface area contributed by atoms with Gasteiger partial charge in [-0.3, -0.25) is 14.2 Å². The molecule has 0 saturated heterocycles. The number of anilines is 1. The van der Waals surface area contributed by atoms with E-state index >= 15 is 0 Å². The molecular formula is C20H20N6O. The van der Waals surface area contributed by atoms with Gasteiger partial charge in [0.15, 0.2) is 11.5 Å². The van der Waals surface area contributed by atoms with E-state index in [0.29, 0.717) is 23.6 Å². The van der Waals surface area contributed by atoms with E-state index in [4.69, 9.17) is 0 Å². The van der Waals surface area contributed by atoms with Crippen LogP contribution in [0.25, 0.3) is 11.0 Å². The van der Waals surface area contributed by atoms with Gasteiger partial charge in [-0.2, -0.15) is 10.2 Å². The third-order valence-electron chi connectivity index (χ3n) is 4.39. The fourth-order valence-corrected chi connectivity index (χ4v) is 3.13. The van der Waals surface area contributed by atoms with Crippen LogP contribution in [0.3, 0.4) is 0 Å². The number of benzene rings is 1. The summed E-state index contributed by atoms with van der Waals surface area (Å²) in [5.74, 6) is 0.290. The zero-order valence-electron chi connectivity index (χ0n) is 15.5. The highest BCUT2D eigenvalue weighted by Crippen LogP contribution is 2.19. The third kappa shape index (κ3) is 3.44. The van der Waals surface area contributed by atoms with Gasteiger partial charge in [0.25, 0.3) is 5.91 Å². The summed E-state index contributed by atoms with van der Waals surface area (Å²) in [4.78, 5) is 17.2. The fraction of sp³-hybridized carbons (Fsp3) is 0.200. The van der Waals surface area contributed by atoms with Crippen LogP contribution in [-0.4, -0.2) is 30.5 Å².